The predicted molar refractivity (Wildman–Crippen MR) is 149 cm³/mol. The first kappa shape index (κ1) is 22.6. The van der Waals surface area contributed by atoms with Gasteiger partial charge in [0.05, 0.1) is 23.5 Å². The number of hydrogen-bond acceptors (Lipinski definition) is 2. The SMILES string of the molecule is C[C@@H]1C=Cc2c(n(C3=CCCCC3C#N)c3ccc(N4c5ccccc5C5(C)C=CC(F)CC45)cc23)C1. The smallest absolute Gasteiger partial charge is 0.120 e. The molecule has 0 fully saturated rings. The van der Waals surface area contributed by atoms with E-state index in [2.05, 4.69) is 96.2 Å². The second-order valence-corrected chi connectivity index (χ2v) is 11.5. The average Bonchev–Trinajstić information content (AvgIpc) is 3.37. The molecule has 4 aliphatic rings. The topological polar surface area (TPSA) is 32.0 Å². The number of fused-ring (bicyclic) bond motifs is 6. The third kappa shape index (κ3) is 3.23. The maximum Gasteiger partial charge on any atom is 0.120 e. The van der Waals surface area contributed by atoms with E-state index in [9.17, 15) is 9.65 Å². The Balaban J connectivity index is 1.44. The standard InChI is InChI=1S/C33H32FN3/c1-21-11-13-25-26-19-24(12-14-29(26)37(31(25)17-21)28-9-5-3-7-22(28)20-35)36-30-10-6-4-8-27(30)33(2)16-15-23(34)18-32(33)36/h4,6,8-16,19,21-23,32H,3,5,7,17-18H2,1-2H3/t21-,22?,23?,32?,33?/m1/s1. The van der Waals surface area contributed by atoms with Crippen molar-refractivity contribution >= 4 is 34.1 Å². The molecular formula is C33H32FN3. The molecule has 0 spiro atoms. The normalized spacial score (nSPS) is 30.0. The molecule has 2 aromatic carbocycles. The maximum absolute atomic E-state index is 14.7. The second-order valence-electron chi connectivity index (χ2n) is 11.5. The number of halogens is 1. The molecular weight excluding hydrogens is 457 g/mol. The van der Waals surface area contributed by atoms with Crippen molar-refractivity contribution in [1.29, 1.82) is 5.26 Å². The van der Waals surface area contributed by atoms with Crippen molar-refractivity contribution < 1.29 is 4.39 Å². The Kier molecular flexibility index (Phi) is 5.02. The van der Waals surface area contributed by atoms with Gasteiger partial charge < -0.3 is 9.47 Å². The summed E-state index contributed by atoms with van der Waals surface area (Å²) in [7, 11) is 0. The lowest BCUT2D eigenvalue weighted by molar-refractivity contribution is 0.301. The van der Waals surface area contributed by atoms with Crippen LogP contribution in [-0.4, -0.2) is 16.8 Å². The first-order chi connectivity index (χ1) is 18.0. The van der Waals surface area contributed by atoms with Crippen LogP contribution in [0.3, 0.4) is 0 Å². The molecule has 4 unspecified atom stereocenters. The van der Waals surface area contributed by atoms with Crippen LogP contribution in [0.1, 0.15) is 56.4 Å². The fraction of sp³-hybridized carbons (Fsp3) is 0.364. The third-order valence-electron chi connectivity index (χ3n) is 9.15. The molecule has 186 valence electrons. The van der Waals surface area contributed by atoms with Crippen molar-refractivity contribution in [3.05, 3.63) is 83.6 Å². The minimum atomic E-state index is -0.932. The Morgan fingerprint density at radius 1 is 1.14 bits per heavy atom. The summed E-state index contributed by atoms with van der Waals surface area (Å²) < 4.78 is 17.1. The van der Waals surface area contributed by atoms with Crippen molar-refractivity contribution in [2.45, 2.75) is 63.6 Å². The fourth-order valence-electron chi connectivity index (χ4n) is 7.28. The molecule has 1 aliphatic heterocycles. The van der Waals surface area contributed by atoms with Gasteiger partial charge in [0.2, 0.25) is 0 Å². The zero-order valence-corrected chi connectivity index (χ0v) is 21.5. The molecule has 0 radical (unpaired) electrons. The van der Waals surface area contributed by atoms with E-state index in [4.69, 9.17) is 0 Å². The quantitative estimate of drug-likeness (QED) is 0.341. The Hall–Kier alpha value is -3.58. The molecule has 1 aromatic heterocycles. The van der Waals surface area contributed by atoms with Gasteiger partial charge in [-0.25, -0.2) is 4.39 Å². The first-order valence-electron chi connectivity index (χ1n) is 13.7. The van der Waals surface area contributed by atoms with Crippen molar-refractivity contribution in [3.8, 4) is 6.07 Å². The molecule has 0 bridgehead atoms. The summed E-state index contributed by atoms with van der Waals surface area (Å²) in [6.45, 7) is 4.51. The zero-order valence-electron chi connectivity index (χ0n) is 21.5. The summed E-state index contributed by atoms with van der Waals surface area (Å²) >= 11 is 0. The van der Waals surface area contributed by atoms with Crippen LogP contribution in [0.5, 0.6) is 0 Å². The number of allylic oxidation sites excluding steroid dienone is 4. The first-order valence-corrected chi connectivity index (χ1v) is 13.7. The van der Waals surface area contributed by atoms with Gasteiger partial charge in [-0.2, -0.15) is 5.26 Å². The Labute approximate surface area is 218 Å². The van der Waals surface area contributed by atoms with E-state index in [1.54, 1.807) is 6.08 Å². The van der Waals surface area contributed by atoms with Crippen LogP contribution in [-0.2, 0) is 11.8 Å². The molecule has 0 N–H and O–H groups in total. The van der Waals surface area contributed by atoms with E-state index in [1.807, 2.05) is 0 Å². The number of hydrogen-bond donors (Lipinski definition) is 0. The number of nitriles is 1. The molecule has 3 aromatic rings. The lowest BCUT2D eigenvalue weighted by Gasteiger charge is -2.38. The van der Waals surface area contributed by atoms with E-state index >= 15 is 0 Å². The lowest BCUT2D eigenvalue weighted by Crippen LogP contribution is -2.43. The molecule has 2 heterocycles. The molecule has 4 heteroatoms. The van der Waals surface area contributed by atoms with E-state index in [0.717, 1.165) is 37.1 Å². The summed E-state index contributed by atoms with van der Waals surface area (Å²) in [5, 5.41) is 11.2. The monoisotopic (exact) mass is 489 g/mol. The summed E-state index contributed by atoms with van der Waals surface area (Å²) in [5.41, 5.74) is 8.22. The van der Waals surface area contributed by atoms with Crippen LogP contribution >= 0.6 is 0 Å². The number of aromatic nitrogens is 1. The van der Waals surface area contributed by atoms with Crippen LogP contribution in [0.2, 0.25) is 0 Å². The third-order valence-corrected chi connectivity index (χ3v) is 9.15. The van der Waals surface area contributed by atoms with Gasteiger partial charge in [0.1, 0.15) is 6.17 Å². The Morgan fingerprint density at radius 3 is 2.86 bits per heavy atom. The molecule has 5 atom stereocenters. The van der Waals surface area contributed by atoms with Gasteiger partial charge in [-0.3, -0.25) is 0 Å². The van der Waals surface area contributed by atoms with Gasteiger partial charge >= 0.3 is 0 Å². The minimum absolute atomic E-state index is 0.0276. The number of nitrogens with zero attached hydrogens (tertiary/aromatic N) is 3. The molecule has 0 amide bonds. The largest absolute Gasteiger partial charge is 0.337 e. The fourth-order valence-corrected chi connectivity index (χ4v) is 7.28. The van der Waals surface area contributed by atoms with Crippen LogP contribution in [0.4, 0.5) is 15.8 Å². The Morgan fingerprint density at radius 2 is 2.00 bits per heavy atom. The van der Waals surface area contributed by atoms with Gasteiger partial charge in [-0.05, 0) is 68.4 Å². The highest BCUT2D eigenvalue weighted by atomic mass is 19.1. The second kappa shape index (κ2) is 8.21. The van der Waals surface area contributed by atoms with Gasteiger partial charge in [-0.1, -0.05) is 55.5 Å². The maximum atomic E-state index is 14.7. The number of rotatable bonds is 2. The van der Waals surface area contributed by atoms with E-state index in [0.29, 0.717) is 12.3 Å². The van der Waals surface area contributed by atoms with Crippen molar-refractivity contribution in [1.82, 2.24) is 4.57 Å². The van der Waals surface area contributed by atoms with E-state index < -0.39 is 6.17 Å². The number of para-hydroxylation sites is 1. The van der Waals surface area contributed by atoms with Gasteiger partial charge in [0.15, 0.2) is 0 Å². The van der Waals surface area contributed by atoms with Gasteiger partial charge in [-0.15, -0.1) is 0 Å². The van der Waals surface area contributed by atoms with Gasteiger partial charge in [0, 0.05) is 45.6 Å². The summed E-state index contributed by atoms with van der Waals surface area (Å²) in [6.07, 6.45) is 14.2. The number of alkyl halides is 1. The highest BCUT2D eigenvalue weighted by Gasteiger charge is 2.49. The molecule has 37 heavy (non-hydrogen) atoms. The highest BCUT2D eigenvalue weighted by Crippen LogP contribution is 2.53. The summed E-state index contributed by atoms with van der Waals surface area (Å²) in [4.78, 5) is 2.38. The molecule has 7 rings (SSSR count). The molecule has 0 saturated heterocycles. The van der Waals surface area contributed by atoms with Crippen LogP contribution < -0.4 is 4.90 Å². The van der Waals surface area contributed by atoms with E-state index in [1.165, 1.54) is 33.4 Å². The Bertz CT molecular complexity index is 1550. The van der Waals surface area contributed by atoms with Crippen LogP contribution in [0.15, 0.2) is 66.8 Å². The van der Waals surface area contributed by atoms with E-state index in [-0.39, 0.29) is 17.4 Å². The summed E-state index contributed by atoms with van der Waals surface area (Å²) in [5.74, 6) is 0.387. The van der Waals surface area contributed by atoms with Crippen LogP contribution in [0.25, 0.3) is 22.7 Å². The van der Waals surface area contributed by atoms with Crippen molar-refractivity contribution in [2.24, 2.45) is 11.8 Å². The van der Waals surface area contributed by atoms with Gasteiger partial charge in [0.25, 0.3) is 0 Å². The zero-order chi connectivity index (χ0) is 25.3. The molecule has 3 aliphatic carbocycles. The number of benzene rings is 2. The van der Waals surface area contributed by atoms with Crippen LogP contribution in [0, 0.1) is 23.2 Å². The predicted octanol–water partition coefficient (Wildman–Crippen LogP) is 8.09. The van der Waals surface area contributed by atoms with Crippen molar-refractivity contribution in [3.63, 3.8) is 0 Å². The molecule has 3 nitrogen and oxygen atoms in total. The average molecular weight is 490 g/mol. The molecule has 0 saturated carbocycles. The van der Waals surface area contributed by atoms with Crippen molar-refractivity contribution in [2.75, 3.05) is 4.90 Å². The summed E-state index contributed by atoms with van der Waals surface area (Å²) in [6, 6.07) is 17.9. The lowest BCUT2D eigenvalue weighted by atomic mass is 9.73. The highest BCUT2D eigenvalue weighted by molar-refractivity contribution is 5.97. The number of anilines is 2. The minimum Gasteiger partial charge on any atom is -0.337 e.